The Labute approximate surface area is 103 Å². The van der Waals surface area contributed by atoms with Crippen molar-refractivity contribution in [3.8, 4) is 0 Å². The fourth-order valence-electron chi connectivity index (χ4n) is 0.843. The van der Waals surface area contributed by atoms with E-state index < -0.39 is 21.7 Å². The van der Waals surface area contributed by atoms with Crippen LogP contribution in [0.2, 0.25) is 0 Å². The van der Waals surface area contributed by atoms with E-state index in [2.05, 4.69) is 5.16 Å². The first kappa shape index (κ1) is 15.7. The third-order valence-electron chi connectivity index (χ3n) is 1.98. The van der Waals surface area contributed by atoms with Crippen LogP contribution in [0.4, 0.5) is 0 Å². The van der Waals surface area contributed by atoms with E-state index in [1.807, 2.05) is 0 Å². The van der Waals surface area contributed by atoms with E-state index in [4.69, 9.17) is 9.94 Å². The molecule has 0 bridgehead atoms. The zero-order chi connectivity index (χ0) is 13.6. The Balaban J connectivity index is 4.75. The molecule has 0 rings (SSSR count). The highest BCUT2D eigenvalue weighted by Gasteiger charge is 2.40. The van der Waals surface area contributed by atoms with Gasteiger partial charge in [0.1, 0.15) is 5.25 Å². The minimum Gasteiger partial charge on any atom is -0.465 e. The molecular weight excluding hydrogens is 248 g/mol. The molecule has 17 heavy (non-hydrogen) atoms. The van der Waals surface area contributed by atoms with Gasteiger partial charge in [-0.2, -0.15) is 0 Å². The maximum Gasteiger partial charge on any atom is 0.319 e. The summed E-state index contributed by atoms with van der Waals surface area (Å²) < 4.78 is 4.76. The van der Waals surface area contributed by atoms with Crippen LogP contribution in [0.3, 0.4) is 0 Å². The lowest BCUT2D eigenvalue weighted by Gasteiger charge is -2.18. The minimum absolute atomic E-state index is 0.136. The number of nitrogens with zero attached hydrogens (tertiary/aromatic N) is 2. The molecule has 0 radical (unpaired) electrons. The van der Waals surface area contributed by atoms with E-state index in [0.29, 0.717) is 0 Å². The summed E-state index contributed by atoms with van der Waals surface area (Å²) in [5.74, 6) is -0.502. The molecular formula is C9H16N2O5S. The number of ether oxygens (including phenoxy) is 1. The van der Waals surface area contributed by atoms with Gasteiger partial charge in [-0.05, 0) is 13.8 Å². The first-order valence-electron chi connectivity index (χ1n) is 4.97. The Hall–Kier alpha value is -1.31. The molecule has 8 heteroatoms. The average Bonchev–Trinajstić information content (AvgIpc) is 2.25. The van der Waals surface area contributed by atoms with Crippen molar-refractivity contribution in [1.82, 2.24) is 0 Å². The van der Waals surface area contributed by atoms with Crippen LogP contribution < -0.4 is 0 Å². The summed E-state index contributed by atoms with van der Waals surface area (Å²) >= 11 is 0.812. The molecule has 7 nitrogen and oxygen atoms in total. The number of esters is 1. The van der Waals surface area contributed by atoms with Gasteiger partial charge in [-0.1, -0.05) is 16.9 Å². The monoisotopic (exact) mass is 264 g/mol. The van der Waals surface area contributed by atoms with Crippen LogP contribution in [-0.4, -0.2) is 38.5 Å². The normalized spacial score (nSPS) is 14.2. The van der Waals surface area contributed by atoms with Gasteiger partial charge in [0.25, 0.3) is 5.54 Å². The second-order valence-corrected chi connectivity index (χ2v) is 5.06. The van der Waals surface area contributed by atoms with Crippen LogP contribution in [-0.2, 0) is 9.53 Å². The summed E-state index contributed by atoms with van der Waals surface area (Å²) in [7, 11) is 0. The van der Waals surface area contributed by atoms with Gasteiger partial charge in [0.2, 0.25) is 0 Å². The number of oxime groups is 1. The Morgan fingerprint density at radius 3 is 2.53 bits per heavy atom. The van der Waals surface area contributed by atoms with Crippen molar-refractivity contribution in [3.05, 3.63) is 10.1 Å². The first-order chi connectivity index (χ1) is 7.77. The molecule has 0 amide bonds. The van der Waals surface area contributed by atoms with E-state index >= 15 is 0 Å². The van der Waals surface area contributed by atoms with Crippen LogP contribution >= 0.6 is 11.8 Å². The standard InChI is InChI=1S/C9H16N2O5S/c1-5-16-7(12)6(2)17-8(10-13)9(3,4)11(14)15/h6,13H,5H2,1-4H3/b10-8+. The highest BCUT2D eigenvalue weighted by Crippen LogP contribution is 2.24. The second kappa shape index (κ2) is 6.43. The van der Waals surface area contributed by atoms with Crippen molar-refractivity contribution in [3.63, 3.8) is 0 Å². The summed E-state index contributed by atoms with van der Waals surface area (Å²) in [5, 5.41) is 21.7. The van der Waals surface area contributed by atoms with E-state index in [9.17, 15) is 14.9 Å². The Bertz CT molecular complexity index is 329. The van der Waals surface area contributed by atoms with Gasteiger partial charge >= 0.3 is 5.97 Å². The fourth-order valence-corrected chi connectivity index (χ4v) is 1.75. The number of hydrogen-bond acceptors (Lipinski definition) is 7. The van der Waals surface area contributed by atoms with Crippen LogP contribution in [0, 0.1) is 10.1 Å². The summed E-state index contributed by atoms with van der Waals surface area (Å²) in [4.78, 5) is 21.5. The molecule has 0 aliphatic heterocycles. The first-order valence-corrected chi connectivity index (χ1v) is 5.85. The quantitative estimate of drug-likeness (QED) is 0.202. The maximum absolute atomic E-state index is 11.3. The van der Waals surface area contributed by atoms with Gasteiger partial charge in [0.05, 0.1) is 6.61 Å². The molecule has 1 unspecified atom stereocenters. The molecule has 0 saturated carbocycles. The molecule has 0 aliphatic rings. The highest BCUT2D eigenvalue weighted by atomic mass is 32.2. The van der Waals surface area contributed by atoms with Gasteiger partial charge in [-0.15, -0.1) is 0 Å². The molecule has 0 spiro atoms. The Morgan fingerprint density at radius 1 is 1.65 bits per heavy atom. The SMILES string of the molecule is CCOC(=O)C(C)S/C(=N/O)C(C)(C)[N+](=O)[O-]. The molecule has 1 N–H and O–H groups in total. The topological polar surface area (TPSA) is 102 Å². The third-order valence-corrected chi connectivity index (χ3v) is 3.33. The minimum atomic E-state index is -1.54. The van der Waals surface area contributed by atoms with Crippen molar-refractivity contribution < 1.29 is 19.7 Å². The Morgan fingerprint density at radius 2 is 2.18 bits per heavy atom. The van der Waals surface area contributed by atoms with E-state index in [-0.39, 0.29) is 11.7 Å². The number of thioether (sulfide) groups is 1. The predicted octanol–water partition coefficient (Wildman–Crippen LogP) is 1.51. The second-order valence-electron chi connectivity index (χ2n) is 3.73. The molecule has 0 aromatic heterocycles. The fraction of sp³-hybridized carbons (Fsp3) is 0.778. The molecule has 0 aromatic carbocycles. The lowest BCUT2D eigenvalue weighted by molar-refractivity contribution is -0.537. The highest BCUT2D eigenvalue weighted by molar-refractivity contribution is 8.15. The summed E-state index contributed by atoms with van der Waals surface area (Å²) in [6.07, 6.45) is 0. The van der Waals surface area contributed by atoms with Crippen LogP contribution in [0.15, 0.2) is 5.16 Å². The third kappa shape index (κ3) is 4.22. The van der Waals surface area contributed by atoms with Crippen LogP contribution in [0.25, 0.3) is 0 Å². The average molecular weight is 264 g/mol. The molecule has 0 aliphatic carbocycles. The van der Waals surface area contributed by atoms with Crippen LogP contribution in [0.1, 0.15) is 27.7 Å². The zero-order valence-corrected chi connectivity index (χ0v) is 11.0. The maximum atomic E-state index is 11.3. The number of carbonyl (C=O) groups is 1. The van der Waals surface area contributed by atoms with Crippen molar-refractivity contribution in [2.45, 2.75) is 38.5 Å². The number of carbonyl (C=O) groups excluding carboxylic acids is 1. The van der Waals surface area contributed by atoms with Gasteiger partial charge in [0.15, 0.2) is 5.04 Å². The summed E-state index contributed by atoms with van der Waals surface area (Å²) in [6, 6.07) is 0. The van der Waals surface area contributed by atoms with Gasteiger partial charge in [0, 0.05) is 18.8 Å². The molecule has 0 heterocycles. The summed E-state index contributed by atoms with van der Waals surface area (Å²) in [5.41, 5.74) is -1.54. The van der Waals surface area contributed by atoms with E-state index in [0.717, 1.165) is 11.8 Å². The largest absolute Gasteiger partial charge is 0.465 e. The van der Waals surface area contributed by atoms with Gasteiger partial charge < -0.3 is 9.94 Å². The number of nitro groups is 1. The zero-order valence-electron chi connectivity index (χ0n) is 10.2. The lowest BCUT2D eigenvalue weighted by Crippen LogP contribution is -2.40. The molecule has 1 atom stereocenters. The van der Waals surface area contributed by atoms with E-state index in [1.54, 1.807) is 6.92 Å². The smallest absolute Gasteiger partial charge is 0.319 e. The molecule has 0 saturated heterocycles. The van der Waals surface area contributed by atoms with Crippen LogP contribution in [0.5, 0.6) is 0 Å². The molecule has 0 fully saturated rings. The van der Waals surface area contributed by atoms with Crippen molar-refractivity contribution in [2.75, 3.05) is 6.61 Å². The van der Waals surface area contributed by atoms with E-state index in [1.165, 1.54) is 20.8 Å². The lowest BCUT2D eigenvalue weighted by atomic mass is 10.1. The molecule has 98 valence electrons. The summed E-state index contributed by atoms with van der Waals surface area (Å²) in [6.45, 7) is 6.02. The molecule has 0 aromatic rings. The van der Waals surface area contributed by atoms with Crippen molar-refractivity contribution in [1.29, 1.82) is 0 Å². The predicted molar refractivity (Wildman–Crippen MR) is 64.0 cm³/mol. The van der Waals surface area contributed by atoms with Gasteiger partial charge in [-0.3, -0.25) is 14.9 Å². The van der Waals surface area contributed by atoms with Gasteiger partial charge in [-0.25, -0.2) is 0 Å². The van der Waals surface area contributed by atoms with Crippen molar-refractivity contribution >= 4 is 22.8 Å². The number of hydrogen-bond donors (Lipinski definition) is 1. The Kier molecular flexibility index (Phi) is 5.94. The van der Waals surface area contributed by atoms with Crippen molar-refractivity contribution in [2.24, 2.45) is 5.16 Å². The number of rotatable bonds is 5.